The van der Waals surface area contributed by atoms with Crippen molar-refractivity contribution in [2.45, 2.75) is 26.9 Å². The van der Waals surface area contributed by atoms with Crippen molar-refractivity contribution in [3.8, 4) is 0 Å². The number of esters is 1. The second-order valence-corrected chi connectivity index (χ2v) is 3.54. The van der Waals surface area contributed by atoms with Crippen molar-refractivity contribution in [3.05, 3.63) is 12.7 Å². The summed E-state index contributed by atoms with van der Waals surface area (Å²) in [7, 11) is 0. The zero-order valence-corrected chi connectivity index (χ0v) is 8.49. The molecule has 0 aliphatic carbocycles. The Balaban J connectivity index is 3.89. The molecule has 2 atom stereocenters. The van der Waals surface area contributed by atoms with Crippen molar-refractivity contribution in [2.24, 2.45) is 11.8 Å². The fourth-order valence-electron chi connectivity index (χ4n) is 0.724. The third kappa shape index (κ3) is 4.68. The molecule has 0 heterocycles. The Labute approximate surface area is 79.4 Å². The van der Waals surface area contributed by atoms with E-state index in [1.165, 1.54) is 6.08 Å². The summed E-state index contributed by atoms with van der Waals surface area (Å²) >= 11 is 0. The van der Waals surface area contributed by atoms with E-state index in [1.807, 2.05) is 13.8 Å². The monoisotopic (exact) mass is 186 g/mol. The molecule has 0 rings (SSSR count). The molecular formula is C10H18O3. The predicted octanol–water partition coefficient (Wildman–Crippen LogP) is 1.37. The highest BCUT2D eigenvalue weighted by Gasteiger charge is 2.20. The van der Waals surface area contributed by atoms with Crippen molar-refractivity contribution in [2.75, 3.05) is 6.61 Å². The Bertz CT molecular complexity index is 175. The molecular weight excluding hydrogens is 168 g/mol. The first-order valence-electron chi connectivity index (χ1n) is 4.46. The quantitative estimate of drug-likeness (QED) is 0.521. The highest BCUT2D eigenvalue weighted by Crippen LogP contribution is 2.07. The lowest BCUT2D eigenvalue weighted by atomic mass is 10.1. The molecule has 3 nitrogen and oxygen atoms in total. The Morgan fingerprint density at radius 1 is 1.54 bits per heavy atom. The van der Waals surface area contributed by atoms with Crippen LogP contribution in [-0.2, 0) is 9.53 Å². The van der Waals surface area contributed by atoms with Crippen LogP contribution in [0, 0.1) is 11.8 Å². The van der Waals surface area contributed by atoms with Crippen molar-refractivity contribution >= 4 is 5.97 Å². The van der Waals surface area contributed by atoms with Gasteiger partial charge in [0.1, 0.15) is 0 Å². The SMILES string of the molecule is C=CC(O)C(C)C(=O)OCC(C)C. The zero-order valence-electron chi connectivity index (χ0n) is 8.49. The minimum atomic E-state index is -0.820. The molecule has 0 aromatic heterocycles. The maximum Gasteiger partial charge on any atom is 0.311 e. The number of aliphatic hydroxyl groups is 1. The fraction of sp³-hybridized carbons (Fsp3) is 0.700. The van der Waals surface area contributed by atoms with E-state index in [0.717, 1.165) is 0 Å². The molecule has 13 heavy (non-hydrogen) atoms. The van der Waals surface area contributed by atoms with Gasteiger partial charge in [-0.05, 0) is 12.8 Å². The summed E-state index contributed by atoms with van der Waals surface area (Å²) in [6.45, 7) is 9.34. The standard InChI is InChI=1S/C10H18O3/c1-5-9(11)8(4)10(12)13-6-7(2)3/h5,7-9,11H,1,6H2,2-4H3. The molecule has 0 saturated heterocycles. The number of hydrogen-bond donors (Lipinski definition) is 1. The first-order valence-corrected chi connectivity index (χ1v) is 4.46. The number of ether oxygens (including phenoxy) is 1. The van der Waals surface area contributed by atoms with E-state index in [4.69, 9.17) is 4.74 Å². The van der Waals surface area contributed by atoms with Crippen LogP contribution in [0.3, 0.4) is 0 Å². The van der Waals surface area contributed by atoms with Crippen LogP contribution < -0.4 is 0 Å². The van der Waals surface area contributed by atoms with E-state index >= 15 is 0 Å². The molecule has 0 aromatic rings. The van der Waals surface area contributed by atoms with Crippen molar-refractivity contribution in [1.82, 2.24) is 0 Å². The van der Waals surface area contributed by atoms with Gasteiger partial charge in [0.15, 0.2) is 0 Å². The summed E-state index contributed by atoms with van der Waals surface area (Å²) in [5, 5.41) is 9.24. The second-order valence-electron chi connectivity index (χ2n) is 3.54. The van der Waals surface area contributed by atoms with Gasteiger partial charge >= 0.3 is 5.97 Å². The molecule has 3 heteroatoms. The van der Waals surface area contributed by atoms with E-state index in [9.17, 15) is 9.90 Å². The highest BCUT2D eigenvalue weighted by atomic mass is 16.5. The van der Waals surface area contributed by atoms with Crippen LogP contribution in [0.4, 0.5) is 0 Å². The highest BCUT2D eigenvalue weighted by molar-refractivity contribution is 5.72. The molecule has 0 radical (unpaired) electrons. The van der Waals surface area contributed by atoms with Gasteiger partial charge in [-0.2, -0.15) is 0 Å². The van der Waals surface area contributed by atoms with Crippen molar-refractivity contribution in [1.29, 1.82) is 0 Å². The summed E-state index contributed by atoms with van der Waals surface area (Å²) in [6, 6.07) is 0. The normalized spacial score (nSPS) is 15.2. The molecule has 0 aliphatic rings. The van der Waals surface area contributed by atoms with Gasteiger partial charge in [0.25, 0.3) is 0 Å². The average Bonchev–Trinajstić information content (AvgIpc) is 2.11. The molecule has 0 fully saturated rings. The first-order chi connectivity index (χ1) is 5.99. The topological polar surface area (TPSA) is 46.5 Å². The lowest BCUT2D eigenvalue weighted by Gasteiger charge is -2.15. The van der Waals surface area contributed by atoms with Gasteiger partial charge < -0.3 is 9.84 Å². The minimum absolute atomic E-state index is 0.317. The number of rotatable bonds is 5. The van der Waals surface area contributed by atoms with E-state index in [2.05, 4.69) is 6.58 Å². The summed E-state index contributed by atoms with van der Waals surface area (Å²) in [5.74, 6) is -0.589. The maximum absolute atomic E-state index is 11.2. The number of carbonyl (C=O) groups excluding carboxylic acids is 1. The number of hydrogen-bond acceptors (Lipinski definition) is 3. The third-order valence-corrected chi connectivity index (χ3v) is 1.68. The van der Waals surface area contributed by atoms with Crippen LogP contribution in [0.25, 0.3) is 0 Å². The van der Waals surface area contributed by atoms with Crippen LogP contribution in [0.5, 0.6) is 0 Å². The second kappa shape index (κ2) is 5.75. The Hall–Kier alpha value is -0.830. The molecule has 0 aliphatic heterocycles. The molecule has 0 aromatic carbocycles. The number of carbonyl (C=O) groups is 1. The molecule has 0 spiro atoms. The molecule has 0 saturated carbocycles. The Morgan fingerprint density at radius 3 is 2.46 bits per heavy atom. The van der Waals surface area contributed by atoms with Crippen LogP contribution >= 0.6 is 0 Å². The molecule has 0 bridgehead atoms. The number of aliphatic hydroxyl groups excluding tert-OH is 1. The van der Waals surface area contributed by atoms with E-state index in [-0.39, 0.29) is 5.97 Å². The van der Waals surface area contributed by atoms with Crippen LogP contribution in [0.15, 0.2) is 12.7 Å². The van der Waals surface area contributed by atoms with Crippen LogP contribution in [-0.4, -0.2) is 23.8 Å². The maximum atomic E-state index is 11.2. The minimum Gasteiger partial charge on any atom is -0.465 e. The summed E-state index contributed by atoms with van der Waals surface area (Å²) in [4.78, 5) is 11.2. The van der Waals surface area contributed by atoms with E-state index < -0.39 is 12.0 Å². The van der Waals surface area contributed by atoms with Gasteiger partial charge in [-0.3, -0.25) is 4.79 Å². The van der Waals surface area contributed by atoms with Gasteiger partial charge in [0.2, 0.25) is 0 Å². The molecule has 76 valence electrons. The Kier molecular flexibility index (Phi) is 5.39. The van der Waals surface area contributed by atoms with Gasteiger partial charge in [-0.25, -0.2) is 0 Å². The Morgan fingerprint density at radius 2 is 2.08 bits per heavy atom. The lowest BCUT2D eigenvalue weighted by molar-refractivity contribution is -0.151. The van der Waals surface area contributed by atoms with Crippen LogP contribution in [0.1, 0.15) is 20.8 Å². The zero-order chi connectivity index (χ0) is 10.4. The van der Waals surface area contributed by atoms with Gasteiger partial charge in [0.05, 0.1) is 18.6 Å². The summed E-state index contributed by atoms with van der Waals surface area (Å²) < 4.78 is 4.94. The predicted molar refractivity (Wildman–Crippen MR) is 51.2 cm³/mol. The van der Waals surface area contributed by atoms with Crippen molar-refractivity contribution < 1.29 is 14.6 Å². The van der Waals surface area contributed by atoms with Gasteiger partial charge in [0, 0.05) is 0 Å². The van der Waals surface area contributed by atoms with E-state index in [0.29, 0.717) is 12.5 Å². The lowest BCUT2D eigenvalue weighted by Crippen LogP contribution is -2.26. The van der Waals surface area contributed by atoms with Crippen LogP contribution in [0.2, 0.25) is 0 Å². The first kappa shape index (κ1) is 12.2. The molecule has 1 N–H and O–H groups in total. The average molecular weight is 186 g/mol. The van der Waals surface area contributed by atoms with Gasteiger partial charge in [-0.1, -0.05) is 19.9 Å². The van der Waals surface area contributed by atoms with Gasteiger partial charge in [-0.15, -0.1) is 6.58 Å². The molecule has 0 amide bonds. The smallest absolute Gasteiger partial charge is 0.311 e. The van der Waals surface area contributed by atoms with E-state index in [1.54, 1.807) is 6.92 Å². The summed E-state index contributed by atoms with van der Waals surface area (Å²) in [6.07, 6.45) is 0.515. The fourth-order valence-corrected chi connectivity index (χ4v) is 0.724. The third-order valence-electron chi connectivity index (χ3n) is 1.68. The summed E-state index contributed by atoms with van der Waals surface area (Å²) in [5.41, 5.74) is 0. The van der Waals surface area contributed by atoms with Crippen molar-refractivity contribution in [3.63, 3.8) is 0 Å². The molecule has 2 unspecified atom stereocenters. The largest absolute Gasteiger partial charge is 0.465 e.